The van der Waals surface area contributed by atoms with Gasteiger partial charge in [0.25, 0.3) is 0 Å². The van der Waals surface area contributed by atoms with Crippen molar-refractivity contribution in [3.63, 3.8) is 0 Å². The summed E-state index contributed by atoms with van der Waals surface area (Å²) in [5, 5.41) is 3.57. The van der Waals surface area contributed by atoms with Gasteiger partial charge in [0.15, 0.2) is 0 Å². The number of hydrogen-bond donors (Lipinski definition) is 1. The maximum Gasteiger partial charge on any atom is 0.239 e. The normalized spacial score (nSPS) is 10.6. The summed E-state index contributed by atoms with van der Waals surface area (Å²) in [6, 6.07) is 14.8. The van der Waals surface area contributed by atoms with Crippen molar-refractivity contribution in [2.45, 2.75) is 19.8 Å². The predicted octanol–water partition coefficient (Wildman–Crippen LogP) is 5.72. The number of halogens is 1. The Morgan fingerprint density at radius 3 is 2.62 bits per heavy atom. The number of aryl methyl sites for hydroxylation is 1. The van der Waals surface area contributed by atoms with E-state index >= 15 is 0 Å². The lowest BCUT2D eigenvalue weighted by atomic mass is 10.1. The first kappa shape index (κ1) is 20.7. The van der Waals surface area contributed by atoms with Crippen molar-refractivity contribution < 1.29 is 14.3 Å². The first-order chi connectivity index (χ1) is 14.1. The quantitative estimate of drug-likeness (QED) is 0.362. The number of amides is 1. The van der Waals surface area contributed by atoms with Crippen LogP contribution in [0.4, 0.5) is 5.69 Å². The van der Waals surface area contributed by atoms with E-state index in [1.807, 2.05) is 24.3 Å². The summed E-state index contributed by atoms with van der Waals surface area (Å²) in [6.07, 6.45) is 3.63. The number of pyridine rings is 1. The molecule has 2 aromatic carbocycles. The van der Waals surface area contributed by atoms with Gasteiger partial charge in [-0.05, 0) is 48.9 Å². The van der Waals surface area contributed by atoms with E-state index in [4.69, 9.17) is 26.1 Å². The lowest BCUT2D eigenvalue weighted by Crippen LogP contribution is -2.12. The summed E-state index contributed by atoms with van der Waals surface area (Å²) < 4.78 is 11.8. The molecule has 3 rings (SSSR count). The van der Waals surface area contributed by atoms with E-state index in [-0.39, 0.29) is 11.8 Å². The predicted molar refractivity (Wildman–Crippen MR) is 117 cm³/mol. The van der Waals surface area contributed by atoms with Gasteiger partial charge >= 0.3 is 0 Å². The van der Waals surface area contributed by atoms with E-state index in [2.05, 4.69) is 18.8 Å². The molecule has 1 aromatic heterocycles. The topological polar surface area (TPSA) is 60.5 Å². The van der Waals surface area contributed by atoms with Crippen molar-refractivity contribution in [2.75, 3.05) is 17.8 Å². The zero-order valence-electron chi connectivity index (χ0n) is 16.3. The minimum absolute atomic E-state index is 0.0837. The fourth-order valence-electron chi connectivity index (χ4n) is 2.88. The Kier molecular flexibility index (Phi) is 7.09. The number of fused-ring (bicyclic) bond motifs is 1. The molecule has 0 bridgehead atoms. The van der Waals surface area contributed by atoms with E-state index in [1.165, 1.54) is 0 Å². The van der Waals surface area contributed by atoms with Gasteiger partial charge in [0.2, 0.25) is 5.91 Å². The number of anilines is 1. The van der Waals surface area contributed by atoms with Crippen LogP contribution in [-0.4, -0.2) is 23.4 Å². The number of benzene rings is 2. The standard InChI is InChI=1S/C23H23ClN2O3/c1-3-5-17-13-22(28-12-4-2)20-14-19(10-11-21(20)25-17)29-18-8-6-16(7-9-18)26-23(27)15-24/h4,6-11,13-14H,2-3,5,12,15H2,1H3,(H,26,27). The average Bonchev–Trinajstić information content (AvgIpc) is 2.73. The Morgan fingerprint density at radius 1 is 1.17 bits per heavy atom. The van der Waals surface area contributed by atoms with Gasteiger partial charge in [-0.3, -0.25) is 9.78 Å². The van der Waals surface area contributed by atoms with Gasteiger partial charge in [-0.15, -0.1) is 11.6 Å². The van der Waals surface area contributed by atoms with Gasteiger partial charge in [0.1, 0.15) is 29.7 Å². The molecule has 1 heterocycles. The summed E-state index contributed by atoms with van der Waals surface area (Å²) in [5.41, 5.74) is 2.53. The van der Waals surface area contributed by atoms with Crippen LogP contribution in [0.25, 0.3) is 10.9 Å². The van der Waals surface area contributed by atoms with Gasteiger partial charge in [-0.2, -0.15) is 0 Å². The number of carbonyl (C=O) groups excluding carboxylic acids is 1. The van der Waals surface area contributed by atoms with Crippen LogP contribution in [0.2, 0.25) is 0 Å². The molecule has 0 aliphatic heterocycles. The maximum atomic E-state index is 11.4. The molecule has 0 aliphatic carbocycles. The number of rotatable bonds is 9. The fourth-order valence-corrected chi connectivity index (χ4v) is 2.95. The number of aromatic nitrogens is 1. The first-order valence-electron chi connectivity index (χ1n) is 9.44. The highest BCUT2D eigenvalue weighted by molar-refractivity contribution is 6.29. The van der Waals surface area contributed by atoms with E-state index in [1.54, 1.807) is 30.3 Å². The van der Waals surface area contributed by atoms with Gasteiger partial charge in [0.05, 0.1) is 5.52 Å². The van der Waals surface area contributed by atoms with Gasteiger partial charge in [-0.25, -0.2) is 0 Å². The summed E-state index contributed by atoms with van der Waals surface area (Å²) in [6.45, 7) is 6.27. The average molecular weight is 411 g/mol. The van der Waals surface area contributed by atoms with Crippen molar-refractivity contribution in [2.24, 2.45) is 0 Å². The van der Waals surface area contributed by atoms with Crippen LogP contribution in [0.1, 0.15) is 19.0 Å². The first-order valence-corrected chi connectivity index (χ1v) is 9.97. The van der Waals surface area contributed by atoms with E-state index in [9.17, 15) is 4.79 Å². The number of nitrogens with zero attached hydrogens (tertiary/aromatic N) is 1. The van der Waals surface area contributed by atoms with Crippen molar-refractivity contribution in [3.8, 4) is 17.2 Å². The fraction of sp³-hybridized carbons (Fsp3) is 0.217. The minimum atomic E-state index is -0.253. The highest BCUT2D eigenvalue weighted by atomic mass is 35.5. The van der Waals surface area contributed by atoms with Crippen molar-refractivity contribution >= 4 is 34.1 Å². The van der Waals surface area contributed by atoms with Gasteiger partial charge < -0.3 is 14.8 Å². The van der Waals surface area contributed by atoms with Crippen LogP contribution in [0, 0.1) is 0 Å². The molecule has 150 valence electrons. The minimum Gasteiger partial charge on any atom is -0.489 e. The van der Waals surface area contributed by atoms with E-state index in [0.29, 0.717) is 23.8 Å². The molecule has 29 heavy (non-hydrogen) atoms. The largest absolute Gasteiger partial charge is 0.489 e. The Labute approximate surface area is 175 Å². The Balaban J connectivity index is 1.85. The SMILES string of the molecule is C=CCOc1cc(CCC)nc2ccc(Oc3ccc(NC(=O)CCl)cc3)cc12. The second kappa shape index (κ2) is 9.94. The molecule has 0 saturated carbocycles. The lowest BCUT2D eigenvalue weighted by Gasteiger charge is -2.12. The third-order valence-electron chi connectivity index (χ3n) is 4.15. The molecule has 5 nitrogen and oxygen atoms in total. The molecule has 0 aliphatic rings. The Morgan fingerprint density at radius 2 is 1.93 bits per heavy atom. The molecular formula is C23H23ClN2O3. The summed E-state index contributed by atoms with van der Waals surface area (Å²) >= 11 is 5.50. The van der Waals surface area contributed by atoms with Crippen LogP contribution in [0.5, 0.6) is 17.2 Å². The summed E-state index contributed by atoms with van der Waals surface area (Å²) in [4.78, 5) is 16.1. The summed E-state index contributed by atoms with van der Waals surface area (Å²) in [5.74, 6) is 1.75. The number of nitrogens with one attached hydrogen (secondary N) is 1. The second-order valence-corrected chi connectivity index (χ2v) is 6.72. The molecule has 0 radical (unpaired) electrons. The molecule has 1 N–H and O–H groups in total. The molecule has 0 unspecified atom stereocenters. The molecular weight excluding hydrogens is 388 g/mol. The molecule has 0 fully saturated rings. The molecule has 0 spiro atoms. The zero-order chi connectivity index (χ0) is 20.6. The number of hydrogen-bond acceptors (Lipinski definition) is 4. The van der Waals surface area contributed by atoms with Gasteiger partial charge in [-0.1, -0.05) is 26.0 Å². The molecule has 0 saturated heterocycles. The number of alkyl halides is 1. The van der Waals surface area contributed by atoms with Crippen molar-refractivity contribution in [1.29, 1.82) is 0 Å². The number of ether oxygens (including phenoxy) is 2. The Bertz CT molecular complexity index is 1000. The van der Waals surface area contributed by atoms with Crippen LogP contribution in [-0.2, 0) is 11.2 Å². The van der Waals surface area contributed by atoms with Crippen molar-refractivity contribution in [3.05, 3.63) is 66.9 Å². The van der Waals surface area contributed by atoms with E-state index < -0.39 is 0 Å². The smallest absolute Gasteiger partial charge is 0.239 e. The molecule has 0 atom stereocenters. The molecule has 6 heteroatoms. The Hall–Kier alpha value is -3.05. The highest BCUT2D eigenvalue weighted by Crippen LogP contribution is 2.32. The monoisotopic (exact) mass is 410 g/mol. The molecule has 1 amide bonds. The van der Waals surface area contributed by atoms with Crippen LogP contribution < -0.4 is 14.8 Å². The number of carbonyl (C=O) groups is 1. The van der Waals surface area contributed by atoms with Crippen LogP contribution in [0.3, 0.4) is 0 Å². The second-order valence-electron chi connectivity index (χ2n) is 6.45. The van der Waals surface area contributed by atoms with E-state index in [0.717, 1.165) is 35.2 Å². The lowest BCUT2D eigenvalue weighted by molar-refractivity contribution is -0.113. The third-order valence-corrected chi connectivity index (χ3v) is 4.40. The van der Waals surface area contributed by atoms with Crippen LogP contribution >= 0.6 is 11.6 Å². The van der Waals surface area contributed by atoms with Gasteiger partial charge in [0, 0.05) is 22.8 Å². The zero-order valence-corrected chi connectivity index (χ0v) is 17.0. The van der Waals surface area contributed by atoms with Crippen molar-refractivity contribution in [1.82, 2.24) is 4.98 Å². The molecule has 3 aromatic rings. The maximum absolute atomic E-state index is 11.4. The third kappa shape index (κ3) is 5.48. The highest BCUT2D eigenvalue weighted by Gasteiger charge is 2.09. The summed E-state index contributed by atoms with van der Waals surface area (Å²) in [7, 11) is 0. The van der Waals surface area contributed by atoms with Crippen LogP contribution in [0.15, 0.2) is 61.2 Å².